The molecule has 0 spiro atoms. The first kappa shape index (κ1) is 13.5. The molecule has 0 aliphatic rings. The molecule has 1 atom stereocenters. The highest BCUT2D eigenvalue weighted by molar-refractivity contribution is 6.31. The van der Waals surface area contributed by atoms with E-state index < -0.39 is 0 Å². The molecule has 0 aliphatic carbocycles. The Morgan fingerprint density at radius 2 is 2.19 bits per heavy atom. The molecule has 0 saturated carbocycles. The molecule has 1 unspecified atom stereocenters. The predicted octanol–water partition coefficient (Wildman–Crippen LogP) is 3.34. The van der Waals surface area contributed by atoms with Crippen molar-refractivity contribution in [2.24, 2.45) is 0 Å². The lowest BCUT2D eigenvalue weighted by Gasteiger charge is -2.18. The first-order valence-corrected chi connectivity index (χ1v) is 6.05. The summed E-state index contributed by atoms with van der Waals surface area (Å²) in [4.78, 5) is 0. The van der Waals surface area contributed by atoms with Gasteiger partial charge in [-0.15, -0.1) is 0 Å². The molecule has 0 saturated heterocycles. The molecular formula is C13H20ClNO. The van der Waals surface area contributed by atoms with Crippen LogP contribution in [0.3, 0.4) is 0 Å². The molecule has 2 nitrogen and oxygen atoms in total. The summed E-state index contributed by atoms with van der Waals surface area (Å²) >= 11 is 6.02. The Morgan fingerprint density at radius 1 is 1.44 bits per heavy atom. The summed E-state index contributed by atoms with van der Waals surface area (Å²) in [7, 11) is 1.73. The fourth-order valence-electron chi connectivity index (χ4n) is 1.64. The van der Waals surface area contributed by atoms with Gasteiger partial charge in [0.15, 0.2) is 0 Å². The second kappa shape index (κ2) is 6.89. The van der Waals surface area contributed by atoms with Crippen molar-refractivity contribution in [3.8, 4) is 0 Å². The van der Waals surface area contributed by atoms with Crippen LogP contribution in [0.4, 0.5) is 0 Å². The van der Waals surface area contributed by atoms with E-state index in [0.717, 1.165) is 23.6 Å². The molecule has 0 amide bonds. The molecule has 3 heteroatoms. The molecular weight excluding hydrogens is 222 g/mol. The van der Waals surface area contributed by atoms with E-state index in [2.05, 4.69) is 24.4 Å². The molecule has 1 aromatic carbocycles. The van der Waals surface area contributed by atoms with Gasteiger partial charge >= 0.3 is 0 Å². The Kier molecular flexibility index (Phi) is 5.81. The van der Waals surface area contributed by atoms with Gasteiger partial charge in [0.05, 0.1) is 12.6 Å². The monoisotopic (exact) mass is 241 g/mol. The molecule has 0 aliphatic heterocycles. The van der Waals surface area contributed by atoms with Gasteiger partial charge in [-0.25, -0.2) is 0 Å². The van der Waals surface area contributed by atoms with Gasteiger partial charge in [0, 0.05) is 12.1 Å². The second-order valence-corrected chi connectivity index (χ2v) is 4.38. The SMILES string of the molecule is CCCNC(COC)c1ccc(Cl)c(C)c1. The minimum atomic E-state index is 0.251. The molecule has 0 fully saturated rings. The molecule has 0 radical (unpaired) electrons. The molecule has 1 N–H and O–H groups in total. The van der Waals surface area contributed by atoms with Gasteiger partial charge in [0.25, 0.3) is 0 Å². The van der Waals surface area contributed by atoms with Gasteiger partial charge < -0.3 is 10.1 Å². The fourth-order valence-corrected chi connectivity index (χ4v) is 1.76. The number of hydrogen-bond acceptors (Lipinski definition) is 2. The van der Waals surface area contributed by atoms with Crippen molar-refractivity contribution in [1.82, 2.24) is 5.32 Å². The maximum absolute atomic E-state index is 6.02. The molecule has 0 bridgehead atoms. The smallest absolute Gasteiger partial charge is 0.0657 e. The van der Waals surface area contributed by atoms with E-state index in [-0.39, 0.29) is 6.04 Å². The van der Waals surface area contributed by atoms with Crippen molar-refractivity contribution in [2.75, 3.05) is 20.3 Å². The van der Waals surface area contributed by atoms with Gasteiger partial charge in [-0.1, -0.05) is 30.7 Å². The third kappa shape index (κ3) is 3.78. The predicted molar refractivity (Wildman–Crippen MR) is 69.1 cm³/mol. The van der Waals surface area contributed by atoms with E-state index in [0.29, 0.717) is 6.61 Å². The lowest BCUT2D eigenvalue weighted by Crippen LogP contribution is -2.25. The molecule has 0 heterocycles. The first-order chi connectivity index (χ1) is 7.69. The number of nitrogens with one attached hydrogen (secondary N) is 1. The number of halogens is 1. The zero-order chi connectivity index (χ0) is 12.0. The largest absolute Gasteiger partial charge is 0.383 e. The van der Waals surface area contributed by atoms with Crippen LogP contribution in [-0.2, 0) is 4.74 Å². The van der Waals surface area contributed by atoms with Crippen LogP contribution in [0.25, 0.3) is 0 Å². The van der Waals surface area contributed by atoms with Crippen LogP contribution >= 0.6 is 11.6 Å². The lowest BCUT2D eigenvalue weighted by molar-refractivity contribution is 0.167. The average molecular weight is 242 g/mol. The zero-order valence-electron chi connectivity index (χ0n) is 10.2. The fraction of sp³-hybridized carbons (Fsp3) is 0.538. The normalized spacial score (nSPS) is 12.8. The van der Waals surface area contributed by atoms with Crippen molar-refractivity contribution in [3.63, 3.8) is 0 Å². The van der Waals surface area contributed by atoms with Gasteiger partial charge in [0.1, 0.15) is 0 Å². The van der Waals surface area contributed by atoms with Crippen LogP contribution in [0, 0.1) is 6.92 Å². The van der Waals surface area contributed by atoms with Gasteiger partial charge in [-0.2, -0.15) is 0 Å². The van der Waals surface area contributed by atoms with Crippen molar-refractivity contribution in [3.05, 3.63) is 34.3 Å². The van der Waals surface area contributed by atoms with E-state index in [1.807, 2.05) is 13.0 Å². The summed E-state index contributed by atoms with van der Waals surface area (Å²) in [6, 6.07) is 6.37. The molecule has 90 valence electrons. The van der Waals surface area contributed by atoms with Gasteiger partial charge in [-0.05, 0) is 37.1 Å². The number of hydrogen-bond donors (Lipinski definition) is 1. The van der Waals surface area contributed by atoms with Crippen molar-refractivity contribution >= 4 is 11.6 Å². The molecule has 0 aromatic heterocycles. The minimum Gasteiger partial charge on any atom is -0.383 e. The summed E-state index contributed by atoms with van der Waals surface area (Å²) < 4.78 is 5.23. The summed E-state index contributed by atoms with van der Waals surface area (Å²) in [5, 5.41) is 4.28. The van der Waals surface area contributed by atoms with Crippen molar-refractivity contribution in [1.29, 1.82) is 0 Å². The molecule has 1 aromatic rings. The van der Waals surface area contributed by atoms with Crippen LogP contribution in [0.1, 0.15) is 30.5 Å². The van der Waals surface area contributed by atoms with E-state index in [1.54, 1.807) is 7.11 Å². The second-order valence-electron chi connectivity index (χ2n) is 3.97. The first-order valence-electron chi connectivity index (χ1n) is 5.67. The van der Waals surface area contributed by atoms with Crippen LogP contribution in [0.15, 0.2) is 18.2 Å². The molecule has 1 rings (SSSR count). The Bertz CT molecular complexity index is 328. The summed E-state index contributed by atoms with van der Waals surface area (Å²) in [5.41, 5.74) is 2.34. The Labute approximate surface area is 103 Å². The highest BCUT2D eigenvalue weighted by atomic mass is 35.5. The quantitative estimate of drug-likeness (QED) is 0.825. The number of benzene rings is 1. The number of rotatable bonds is 6. The number of aryl methyl sites for hydroxylation is 1. The van der Waals surface area contributed by atoms with E-state index in [1.165, 1.54) is 5.56 Å². The van der Waals surface area contributed by atoms with Crippen molar-refractivity contribution < 1.29 is 4.74 Å². The maximum Gasteiger partial charge on any atom is 0.0657 e. The number of methoxy groups -OCH3 is 1. The Hall–Kier alpha value is -0.570. The molecule has 16 heavy (non-hydrogen) atoms. The standard InChI is InChI=1S/C13H20ClNO/c1-4-7-15-13(9-16-3)11-5-6-12(14)10(2)8-11/h5-6,8,13,15H,4,7,9H2,1-3H3. The lowest BCUT2D eigenvalue weighted by atomic mass is 10.0. The van der Waals surface area contributed by atoms with Crippen LogP contribution in [-0.4, -0.2) is 20.3 Å². The van der Waals surface area contributed by atoms with Gasteiger partial charge in [0.2, 0.25) is 0 Å². The van der Waals surface area contributed by atoms with Crippen LogP contribution in [0.5, 0.6) is 0 Å². The third-order valence-corrected chi connectivity index (χ3v) is 2.98. The minimum absolute atomic E-state index is 0.251. The summed E-state index contributed by atoms with van der Waals surface area (Å²) in [6.07, 6.45) is 1.12. The van der Waals surface area contributed by atoms with Crippen LogP contribution < -0.4 is 5.32 Å². The highest BCUT2D eigenvalue weighted by Gasteiger charge is 2.10. The maximum atomic E-state index is 6.02. The summed E-state index contributed by atoms with van der Waals surface area (Å²) in [5.74, 6) is 0. The zero-order valence-corrected chi connectivity index (χ0v) is 11.0. The van der Waals surface area contributed by atoms with Crippen LogP contribution in [0.2, 0.25) is 5.02 Å². The Morgan fingerprint density at radius 3 is 2.75 bits per heavy atom. The topological polar surface area (TPSA) is 21.3 Å². The third-order valence-electron chi connectivity index (χ3n) is 2.56. The average Bonchev–Trinajstić information content (AvgIpc) is 2.28. The van der Waals surface area contributed by atoms with Crippen molar-refractivity contribution in [2.45, 2.75) is 26.3 Å². The highest BCUT2D eigenvalue weighted by Crippen LogP contribution is 2.21. The van der Waals surface area contributed by atoms with E-state index in [4.69, 9.17) is 16.3 Å². The number of ether oxygens (including phenoxy) is 1. The Balaban J connectivity index is 2.78. The van der Waals surface area contributed by atoms with E-state index >= 15 is 0 Å². The van der Waals surface area contributed by atoms with Gasteiger partial charge in [-0.3, -0.25) is 0 Å². The summed E-state index contributed by atoms with van der Waals surface area (Å²) in [6.45, 7) is 5.86. The van der Waals surface area contributed by atoms with E-state index in [9.17, 15) is 0 Å².